The van der Waals surface area contributed by atoms with Gasteiger partial charge >= 0.3 is 0 Å². The number of terminal acetylenes is 1. The summed E-state index contributed by atoms with van der Waals surface area (Å²) in [6.07, 6.45) is 11.8. The predicted octanol–water partition coefficient (Wildman–Crippen LogP) is 6.61. The van der Waals surface area contributed by atoms with Gasteiger partial charge in [-0.15, -0.1) is 12.8 Å². The van der Waals surface area contributed by atoms with E-state index in [0.29, 0.717) is 18.0 Å². The first kappa shape index (κ1) is 30.8. The van der Waals surface area contributed by atoms with E-state index in [1.165, 1.54) is 0 Å². The second-order valence-corrected chi connectivity index (χ2v) is 11.8. The summed E-state index contributed by atoms with van der Waals surface area (Å²) >= 11 is 0. The average molecular weight is 561 g/mol. The summed E-state index contributed by atoms with van der Waals surface area (Å²) in [5.74, 6) is 10.8. The lowest BCUT2D eigenvalue weighted by molar-refractivity contribution is 0.422. The second kappa shape index (κ2) is 13.7. The van der Waals surface area contributed by atoms with Crippen molar-refractivity contribution in [2.45, 2.75) is 73.6 Å². The SMILES string of the molecule is C#C.Cc1cc(-c2cnc(CNC(C)C(C)C)[nH]2)ccc1C#Cc1ccc(-c2cnc(CNC3C(C)[C@H]3C)[nH]2)cc1C. The van der Waals surface area contributed by atoms with Gasteiger partial charge in [0.05, 0.1) is 36.9 Å². The first-order chi connectivity index (χ1) is 20.2. The van der Waals surface area contributed by atoms with E-state index in [9.17, 15) is 0 Å². The molecule has 0 spiro atoms. The van der Waals surface area contributed by atoms with Crippen LogP contribution in [0.5, 0.6) is 0 Å². The summed E-state index contributed by atoms with van der Waals surface area (Å²) in [6, 6.07) is 13.9. The fraction of sp³-hybridized carbons (Fsp3) is 0.389. The molecule has 1 fully saturated rings. The number of imidazole rings is 2. The summed E-state index contributed by atoms with van der Waals surface area (Å²) in [6.45, 7) is 17.0. The maximum atomic E-state index is 4.58. The van der Waals surface area contributed by atoms with Crippen LogP contribution in [0.1, 0.15) is 68.5 Å². The highest BCUT2D eigenvalue weighted by molar-refractivity contribution is 5.64. The smallest absolute Gasteiger partial charge is 0.120 e. The molecule has 4 atom stereocenters. The molecule has 6 nitrogen and oxygen atoms in total. The van der Waals surface area contributed by atoms with E-state index in [2.05, 4.69) is 140 Å². The Bertz CT molecular complexity index is 1460. The number of nitrogens with one attached hydrogen (secondary N) is 4. The molecule has 5 rings (SSSR count). The van der Waals surface area contributed by atoms with Crippen molar-refractivity contribution >= 4 is 0 Å². The molecule has 0 radical (unpaired) electrons. The van der Waals surface area contributed by atoms with E-state index >= 15 is 0 Å². The van der Waals surface area contributed by atoms with E-state index in [4.69, 9.17) is 0 Å². The zero-order valence-electron chi connectivity index (χ0n) is 26.0. The van der Waals surface area contributed by atoms with Crippen LogP contribution in [-0.4, -0.2) is 32.0 Å². The number of H-pyrrole nitrogens is 2. The molecule has 2 heterocycles. The maximum absolute atomic E-state index is 4.58. The lowest BCUT2D eigenvalue weighted by atomic mass is 10.0. The largest absolute Gasteiger partial charge is 0.341 e. The molecular formula is C36H44N6. The van der Waals surface area contributed by atoms with E-state index in [0.717, 1.165) is 81.3 Å². The molecule has 218 valence electrons. The molecule has 1 aliphatic rings. The number of nitrogens with zero attached hydrogens (tertiary/aromatic N) is 2. The predicted molar refractivity (Wildman–Crippen MR) is 173 cm³/mol. The van der Waals surface area contributed by atoms with Crippen molar-refractivity contribution in [3.63, 3.8) is 0 Å². The number of rotatable bonds is 9. The van der Waals surface area contributed by atoms with Gasteiger partial charge in [0.15, 0.2) is 0 Å². The molecule has 4 aromatic rings. The van der Waals surface area contributed by atoms with Gasteiger partial charge in [-0.3, -0.25) is 0 Å². The standard InChI is InChI=1S/C34H42N6.C2H2/c1-20(2)25(7)35-18-32-36-16-30(39-32)28-12-10-26(21(3)14-28)8-9-27-11-13-29(15-22(27)4)31-17-37-33(40-31)19-38-34-23(5)24(34)6;1-2/h10-17,20,23-25,34-35,38H,18-19H2,1-7H3,(H,36,39)(H,37,40);1-2H/t23-,24?,25?,34?;/m1./s1. The van der Waals surface area contributed by atoms with Gasteiger partial charge in [-0.25, -0.2) is 9.97 Å². The molecule has 4 N–H and O–H groups in total. The van der Waals surface area contributed by atoms with Crippen LogP contribution in [0.2, 0.25) is 0 Å². The Labute approximate surface area is 251 Å². The van der Waals surface area contributed by atoms with Gasteiger partial charge in [0.1, 0.15) is 11.6 Å². The molecule has 1 saturated carbocycles. The third-order valence-corrected chi connectivity index (χ3v) is 8.58. The molecule has 2 aromatic carbocycles. The molecule has 1 aliphatic carbocycles. The van der Waals surface area contributed by atoms with Gasteiger partial charge in [0.25, 0.3) is 0 Å². The Kier molecular flexibility index (Phi) is 10.1. The van der Waals surface area contributed by atoms with Crippen LogP contribution in [0.15, 0.2) is 48.8 Å². The molecule has 42 heavy (non-hydrogen) atoms. The van der Waals surface area contributed by atoms with Crippen LogP contribution in [0.25, 0.3) is 22.5 Å². The monoisotopic (exact) mass is 560 g/mol. The Morgan fingerprint density at radius 1 is 0.786 bits per heavy atom. The Morgan fingerprint density at radius 3 is 1.69 bits per heavy atom. The molecule has 0 amide bonds. The van der Waals surface area contributed by atoms with Crippen molar-refractivity contribution in [2.24, 2.45) is 17.8 Å². The molecule has 0 aliphatic heterocycles. The first-order valence-corrected chi connectivity index (χ1v) is 14.8. The van der Waals surface area contributed by atoms with Gasteiger partial charge in [0.2, 0.25) is 0 Å². The Hall–Kier alpha value is -4.10. The molecule has 2 aromatic heterocycles. The number of hydrogen-bond acceptors (Lipinski definition) is 4. The normalized spacial score (nSPS) is 18.1. The Balaban J connectivity index is 0.00000198. The van der Waals surface area contributed by atoms with E-state index in [1.807, 2.05) is 12.4 Å². The number of benzene rings is 2. The van der Waals surface area contributed by atoms with Crippen molar-refractivity contribution in [1.82, 2.24) is 30.6 Å². The molecule has 6 heteroatoms. The molecule has 3 unspecified atom stereocenters. The summed E-state index contributed by atoms with van der Waals surface area (Å²) in [5, 5.41) is 7.13. The number of aromatic nitrogens is 4. The number of hydrogen-bond donors (Lipinski definition) is 4. The van der Waals surface area contributed by atoms with Crippen LogP contribution in [0.4, 0.5) is 0 Å². The highest BCUT2D eigenvalue weighted by Crippen LogP contribution is 2.37. The summed E-state index contributed by atoms with van der Waals surface area (Å²) in [7, 11) is 0. The van der Waals surface area contributed by atoms with Crippen LogP contribution in [0, 0.1) is 56.3 Å². The fourth-order valence-electron chi connectivity index (χ4n) is 5.02. The third kappa shape index (κ3) is 7.39. The van der Waals surface area contributed by atoms with Crippen molar-refractivity contribution in [1.29, 1.82) is 0 Å². The van der Waals surface area contributed by atoms with Crippen molar-refractivity contribution < 1.29 is 0 Å². The topological polar surface area (TPSA) is 81.4 Å². The van der Waals surface area contributed by atoms with Gasteiger partial charge in [-0.05, 0) is 85.0 Å². The quantitative estimate of drug-likeness (QED) is 0.174. The zero-order chi connectivity index (χ0) is 30.4. The highest BCUT2D eigenvalue weighted by Gasteiger charge is 2.42. The van der Waals surface area contributed by atoms with Gasteiger partial charge < -0.3 is 20.6 Å². The van der Waals surface area contributed by atoms with Gasteiger partial charge in [0, 0.05) is 23.2 Å². The molecular weight excluding hydrogens is 516 g/mol. The second-order valence-electron chi connectivity index (χ2n) is 11.8. The lowest BCUT2D eigenvalue weighted by Gasteiger charge is -2.16. The average Bonchev–Trinajstić information content (AvgIpc) is 3.39. The minimum absolute atomic E-state index is 0.444. The van der Waals surface area contributed by atoms with Gasteiger partial charge in [-0.2, -0.15) is 0 Å². The van der Waals surface area contributed by atoms with Crippen LogP contribution >= 0.6 is 0 Å². The summed E-state index contributed by atoms with van der Waals surface area (Å²) in [5.41, 5.74) is 8.68. The maximum Gasteiger partial charge on any atom is 0.120 e. The first-order valence-electron chi connectivity index (χ1n) is 14.8. The van der Waals surface area contributed by atoms with E-state index < -0.39 is 0 Å². The summed E-state index contributed by atoms with van der Waals surface area (Å²) < 4.78 is 0. The number of aromatic amines is 2. The van der Waals surface area contributed by atoms with Crippen molar-refractivity contribution in [3.8, 4) is 47.2 Å². The Morgan fingerprint density at radius 2 is 1.26 bits per heavy atom. The fourth-order valence-corrected chi connectivity index (χ4v) is 5.02. The van der Waals surface area contributed by atoms with Crippen LogP contribution < -0.4 is 10.6 Å². The molecule has 0 bridgehead atoms. The van der Waals surface area contributed by atoms with Crippen LogP contribution in [-0.2, 0) is 13.1 Å². The van der Waals surface area contributed by atoms with Gasteiger partial charge in [-0.1, -0.05) is 51.7 Å². The lowest BCUT2D eigenvalue weighted by Crippen LogP contribution is -2.30. The van der Waals surface area contributed by atoms with E-state index in [-0.39, 0.29) is 0 Å². The van der Waals surface area contributed by atoms with E-state index in [1.54, 1.807) is 0 Å². The highest BCUT2D eigenvalue weighted by atomic mass is 15.0. The minimum Gasteiger partial charge on any atom is -0.341 e. The van der Waals surface area contributed by atoms with Crippen LogP contribution in [0.3, 0.4) is 0 Å². The molecule has 0 saturated heterocycles. The third-order valence-electron chi connectivity index (χ3n) is 8.58. The summed E-state index contributed by atoms with van der Waals surface area (Å²) in [4.78, 5) is 16.1. The van der Waals surface area contributed by atoms with Crippen molar-refractivity contribution in [3.05, 3.63) is 82.7 Å². The number of aryl methyl sites for hydroxylation is 2. The van der Waals surface area contributed by atoms with Crippen molar-refractivity contribution in [2.75, 3.05) is 0 Å². The zero-order valence-corrected chi connectivity index (χ0v) is 26.0. The minimum atomic E-state index is 0.444.